The number of carboxylic acids is 1. The van der Waals surface area contributed by atoms with E-state index < -0.39 is 5.97 Å². The molecule has 1 N–H and O–H groups in total. The zero-order valence-corrected chi connectivity index (χ0v) is 10.5. The van der Waals surface area contributed by atoms with Gasteiger partial charge in [0.1, 0.15) is 5.69 Å². The number of carbonyl (C=O) groups excluding carboxylic acids is 1. The lowest BCUT2D eigenvalue weighted by molar-refractivity contribution is 0.0680. The maximum Gasteiger partial charge on any atom is 0.352 e. The lowest BCUT2D eigenvalue weighted by atomic mass is 10.2. The molecule has 1 heterocycles. The van der Waals surface area contributed by atoms with Crippen molar-refractivity contribution in [1.82, 2.24) is 4.57 Å². The minimum Gasteiger partial charge on any atom is -0.477 e. The summed E-state index contributed by atoms with van der Waals surface area (Å²) in [5.41, 5.74) is 0.634. The van der Waals surface area contributed by atoms with Gasteiger partial charge < -0.3 is 14.4 Å². The van der Waals surface area contributed by atoms with Crippen molar-refractivity contribution >= 4 is 11.8 Å². The van der Waals surface area contributed by atoms with Gasteiger partial charge in [-0.15, -0.1) is 0 Å². The molecule has 1 aromatic heterocycles. The van der Waals surface area contributed by atoms with Gasteiger partial charge in [0.25, 0.3) is 0 Å². The molecule has 0 aliphatic heterocycles. The monoisotopic (exact) mass is 251 g/mol. The van der Waals surface area contributed by atoms with E-state index in [4.69, 9.17) is 4.74 Å². The number of methoxy groups -OCH3 is 1. The molecular weight excluding hydrogens is 234 g/mol. The third-order valence-electron chi connectivity index (χ3n) is 3.56. The van der Waals surface area contributed by atoms with Crippen molar-refractivity contribution in [3.05, 3.63) is 23.5 Å². The van der Waals surface area contributed by atoms with Crippen molar-refractivity contribution < 1.29 is 19.4 Å². The molecule has 1 saturated carbocycles. The SMILES string of the molecule is COC1CCC(n2cc(C(C)=O)cc2C(=O)O)C1. The molecular formula is C13H17NO4. The van der Waals surface area contributed by atoms with Crippen LogP contribution in [0.5, 0.6) is 0 Å². The Labute approximate surface area is 105 Å². The molecule has 5 nitrogen and oxygen atoms in total. The highest BCUT2D eigenvalue weighted by molar-refractivity contribution is 5.97. The van der Waals surface area contributed by atoms with E-state index in [1.54, 1.807) is 17.9 Å². The Morgan fingerprint density at radius 3 is 2.67 bits per heavy atom. The average molecular weight is 251 g/mol. The van der Waals surface area contributed by atoms with Crippen molar-refractivity contribution in [2.45, 2.75) is 38.3 Å². The zero-order valence-electron chi connectivity index (χ0n) is 10.5. The topological polar surface area (TPSA) is 68.5 Å². The second-order valence-electron chi connectivity index (χ2n) is 4.71. The van der Waals surface area contributed by atoms with Crippen LogP contribution in [-0.2, 0) is 4.74 Å². The number of hydrogen-bond donors (Lipinski definition) is 1. The first-order chi connectivity index (χ1) is 8.52. The second-order valence-corrected chi connectivity index (χ2v) is 4.71. The first kappa shape index (κ1) is 12.8. The van der Waals surface area contributed by atoms with Crippen molar-refractivity contribution in [2.24, 2.45) is 0 Å². The second kappa shape index (κ2) is 4.94. The van der Waals surface area contributed by atoms with Crippen LogP contribution in [0.25, 0.3) is 0 Å². The van der Waals surface area contributed by atoms with Crippen LogP contribution in [0.1, 0.15) is 53.1 Å². The quantitative estimate of drug-likeness (QED) is 0.832. The highest BCUT2D eigenvalue weighted by atomic mass is 16.5. The molecule has 98 valence electrons. The number of nitrogens with zero attached hydrogens (tertiary/aromatic N) is 1. The minimum atomic E-state index is -0.997. The summed E-state index contributed by atoms with van der Waals surface area (Å²) >= 11 is 0. The molecule has 5 heteroatoms. The van der Waals surface area contributed by atoms with Crippen molar-refractivity contribution in [1.29, 1.82) is 0 Å². The summed E-state index contributed by atoms with van der Waals surface area (Å²) in [6, 6.07) is 1.55. The third kappa shape index (κ3) is 2.31. The van der Waals surface area contributed by atoms with E-state index in [0.717, 1.165) is 19.3 Å². The summed E-state index contributed by atoms with van der Waals surface area (Å²) in [6.07, 6.45) is 4.43. The Hall–Kier alpha value is -1.62. The van der Waals surface area contributed by atoms with Crippen molar-refractivity contribution in [3.8, 4) is 0 Å². The number of carbonyl (C=O) groups is 2. The molecule has 2 unspecified atom stereocenters. The molecule has 0 spiro atoms. The summed E-state index contributed by atoms with van der Waals surface area (Å²) in [5, 5.41) is 9.18. The lowest BCUT2D eigenvalue weighted by Crippen LogP contribution is -2.13. The molecule has 1 fully saturated rings. The fraction of sp³-hybridized carbons (Fsp3) is 0.538. The molecule has 1 aromatic rings. The molecule has 18 heavy (non-hydrogen) atoms. The third-order valence-corrected chi connectivity index (χ3v) is 3.56. The number of carboxylic acid groups (broad SMARTS) is 1. The van der Waals surface area contributed by atoms with Gasteiger partial charge in [-0.1, -0.05) is 0 Å². The normalized spacial score (nSPS) is 23.2. The van der Waals surface area contributed by atoms with Crippen LogP contribution in [0, 0.1) is 0 Å². The Bertz CT molecular complexity index is 477. The van der Waals surface area contributed by atoms with E-state index in [1.807, 2.05) is 0 Å². The van der Waals surface area contributed by atoms with Crippen LogP contribution in [-0.4, -0.2) is 34.6 Å². The highest BCUT2D eigenvalue weighted by Crippen LogP contribution is 2.33. The van der Waals surface area contributed by atoms with Gasteiger partial charge in [0.2, 0.25) is 0 Å². The molecule has 1 aliphatic rings. The molecule has 0 saturated heterocycles. The Morgan fingerprint density at radius 1 is 1.44 bits per heavy atom. The fourth-order valence-corrected chi connectivity index (χ4v) is 2.53. The van der Waals surface area contributed by atoms with Crippen LogP contribution >= 0.6 is 0 Å². The standard InChI is InChI=1S/C13H17NO4/c1-8(15)9-5-12(13(16)17)14(7-9)10-3-4-11(6-10)18-2/h5,7,10-11H,3-4,6H2,1-2H3,(H,16,17). The number of hydrogen-bond acceptors (Lipinski definition) is 3. The van der Waals surface area contributed by atoms with Gasteiger partial charge in [-0.25, -0.2) is 4.79 Å². The summed E-state index contributed by atoms with van der Waals surface area (Å²) < 4.78 is 7.00. The maximum absolute atomic E-state index is 11.3. The summed E-state index contributed by atoms with van der Waals surface area (Å²) in [7, 11) is 1.67. The van der Waals surface area contributed by atoms with Crippen LogP contribution in [0.3, 0.4) is 0 Å². The predicted molar refractivity (Wildman–Crippen MR) is 65.1 cm³/mol. The van der Waals surface area contributed by atoms with E-state index in [2.05, 4.69) is 0 Å². The molecule has 1 aliphatic carbocycles. The average Bonchev–Trinajstić information content (AvgIpc) is 2.95. The fourth-order valence-electron chi connectivity index (χ4n) is 2.53. The van der Waals surface area contributed by atoms with Crippen LogP contribution in [0.15, 0.2) is 12.3 Å². The van der Waals surface area contributed by atoms with Crippen molar-refractivity contribution in [3.63, 3.8) is 0 Å². The summed E-state index contributed by atoms with van der Waals surface area (Å²) in [5.74, 6) is -1.11. The van der Waals surface area contributed by atoms with E-state index in [0.29, 0.717) is 5.56 Å². The van der Waals surface area contributed by atoms with Gasteiger partial charge in [-0.3, -0.25) is 4.79 Å². The van der Waals surface area contributed by atoms with E-state index >= 15 is 0 Å². The number of aromatic nitrogens is 1. The van der Waals surface area contributed by atoms with Gasteiger partial charge in [0, 0.05) is 24.9 Å². The van der Waals surface area contributed by atoms with Crippen molar-refractivity contribution in [2.75, 3.05) is 7.11 Å². The zero-order chi connectivity index (χ0) is 13.3. The van der Waals surface area contributed by atoms with E-state index in [9.17, 15) is 14.7 Å². The van der Waals surface area contributed by atoms with Crippen LogP contribution < -0.4 is 0 Å². The van der Waals surface area contributed by atoms with Gasteiger partial charge in [0.05, 0.1) is 6.10 Å². The Kier molecular flexibility index (Phi) is 3.52. The molecule has 0 bridgehead atoms. The largest absolute Gasteiger partial charge is 0.477 e. The van der Waals surface area contributed by atoms with Crippen LogP contribution in [0.2, 0.25) is 0 Å². The molecule has 0 radical (unpaired) electrons. The van der Waals surface area contributed by atoms with Gasteiger partial charge in [-0.05, 0) is 32.3 Å². The first-order valence-electron chi connectivity index (χ1n) is 6.01. The van der Waals surface area contributed by atoms with Crippen LogP contribution in [0.4, 0.5) is 0 Å². The first-order valence-corrected chi connectivity index (χ1v) is 6.01. The highest BCUT2D eigenvalue weighted by Gasteiger charge is 2.28. The predicted octanol–water partition coefficient (Wildman–Crippen LogP) is 2.13. The van der Waals surface area contributed by atoms with Gasteiger partial charge in [-0.2, -0.15) is 0 Å². The number of ketones is 1. The molecule has 0 aromatic carbocycles. The number of ether oxygens (including phenoxy) is 1. The number of rotatable bonds is 4. The van der Waals surface area contributed by atoms with Gasteiger partial charge in [0.15, 0.2) is 5.78 Å². The Balaban J connectivity index is 2.31. The molecule has 0 amide bonds. The Morgan fingerprint density at radius 2 is 2.17 bits per heavy atom. The summed E-state index contributed by atoms with van der Waals surface area (Å²) in [4.78, 5) is 22.5. The molecule has 2 atom stereocenters. The number of aromatic carboxylic acids is 1. The smallest absolute Gasteiger partial charge is 0.352 e. The van der Waals surface area contributed by atoms with E-state index in [1.165, 1.54) is 13.0 Å². The summed E-state index contributed by atoms with van der Waals surface area (Å²) in [6.45, 7) is 1.44. The maximum atomic E-state index is 11.3. The van der Waals surface area contributed by atoms with E-state index in [-0.39, 0.29) is 23.6 Å². The number of Topliss-reactive ketones (excluding diaryl/α,β-unsaturated/α-hetero) is 1. The minimum absolute atomic E-state index is 0.106. The molecule has 2 rings (SSSR count). The lowest BCUT2D eigenvalue weighted by Gasteiger charge is -2.14. The van der Waals surface area contributed by atoms with Gasteiger partial charge >= 0.3 is 5.97 Å².